The van der Waals surface area contributed by atoms with Gasteiger partial charge in [-0.3, -0.25) is 0 Å². The number of hydrogen-bond donors (Lipinski definition) is 0. The topological polar surface area (TPSA) is 6.48 Å². The fourth-order valence-corrected chi connectivity index (χ4v) is 6.24. The number of hydrogen-bond acceptors (Lipinski definition) is 2. The summed E-state index contributed by atoms with van der Waals surface area (Å²) in [5.74, 6) is 0. The van der Waals surface area contributed by atoms with Crippen molar-refractivity contribution < 1.29 is 0 Å². The lowest BCUT2D eigenvalue weighted by Gasteiger charge is -2.35. The van der Waals surface area contributed by atoms with Crippen LogP contribution >= 0.6 is 0 Å². The lowest BCUT2D eigenvalue weighted by atomic mass is 10.0. The minimum absolute atomic E-state index is 0.606. The highest BCUT2D eigenvalue weighted by atomic mass is 15.4. The molecule has 1 heterocycles. The molecule has 0 amide bonds. The molecule has 0 N–H and O–H groups in total. The van der Waals surface area contributed by atoms with Crippen molar-refractivity contribution >= 4 is 0 Å². The van der Waals surface area contributed by atoms with E-state index in [1.807, 2.05) is 0 Å². The summed E-state index contributed by atoms with van der Waals surface area (Å²) in [7, 11) is 0. The van der Waals surface area contributed by atoms with Crippen LogP contribution in [0.25, 0.3) is 0 Å². The van der Waals surface area contributed by atoms with Gasteiger partial charge in [0.2, 0.25) is 0 Å². The highest BCUT2D eigenvalue weighted by Crippen LogP contribution is 2.25. The molecule has 38 heavy (non-hydrogen) atoms. The van der Waals surface area contributed by atoms with Crippen LogP contribution in [0, 0.1) is 0 Å². The van der Waals surface area contributed by atoms with Gasteiger partial charge in [0.1, 0.15) is 6.17 Å². The third kappa shape index (κ3) is 19.4. The summed E-state index contributed by atoms with van der Waals surface area (Å²) >= 11 is 0. The monoisotopic (exact) mass is 533 g/mol. The van der Waals surface area contributed by atoms with E-state index in [-0.39, 0.29) is 0 Å². The second-order valence-electron chi connectivity index (χ2n) is 12.8. The van der Waals surface area contributed by atoms with E-state index < -0.39 is 0 Å². The first-order valence-corrected chi connectivity index (χ1v) is 17.9. The summed E-state index contributed by atoms with van der Waals surface area (Å²) in [4.78, 5) is 5.28. The fraction of sp³-hybridized carbons (Fsp3) is 0.944. The molecule has 0 radical (unpaired) electrons. The van der Waals surface area contributed by atoms with Gasteiger partial charge in [-0.2, -0.15) is 0 Å². The van der Waals surface area contributed by atoms with Crippen molar-refractivity contribution in [1.82, 2.24) is 9.80 Å². The zero-order chi connectivity index (χ0) is 27.5. The zero-order valence-electron chi connectivity index (χ0n) is 27.0. The maximum atomic E-state index is 2.66. The number of rotatable bonds is 29. The van der Waals surface area contributed by atoms with Crippen molar-refractivity contribution in [3.8, 4) is 0 Å². The molecule has 1 aliphatic rings. The van der Waals surface area contributed by atoms with Gasteiger partial charge in [0.15, 0.2) is 0 Å². The summed E-state index contributed by atoms with van der Waals surface area (Å²) in [5.41, 5.74) is 0. The van der Waals surface area contributed by atoms with E-state index in [1.165, 1.54) is 180 Å². The number of nitrogens with zero attached hydrogens (tertiary/aromatic N) is 2. The number of unbranched alkanes of at least 4 members (excludes halogenated alkanes) is 24. The second-order valence-corrected chi connectivity index (χ2v) is 12.8. The Morgan fingerprint density at radius 3 is 1.16 bits per heavy atom. The first-order chi connectivity index (χ1) is 18.7. The third-order valence-electron chi connectivity index (χ3n) is 8.84. The molecule has 0 aromatic carbocycles. The molecule has 0 fully saturated rings. The van der Waals surface area contributed by atoms with Crippen LogP contribution in [0.5, 0.6) is 0 Å². The largest absolute Gasteiger partial charge is 0.356 e. The van der Waals surface area contributed by atoms with E-state index in [9.17, 15) is 0 Å². The first kappa shape index (κ1) is 35.4. The standard InChI is InChI=1S/C36H72N2/c1-5-7-9-11-13-15-17-18-19-20-21-22-23-25-27-29-31-36-37(33-34-38(36)35(3)4)32-30-28-26-24-16-14-12-10-8-6-2/h33-36H,5-32H2,1-4H3. The SMILES string of the molecule is CCCCCCCCCCCCCCCCCCC1N(CCCCCCCCCCCC)C=CN1C(C)C. The lowest BCUT2D eigenvalue weighted by Crippen LogP contribution is -2.42. The average molecular weight is 533 g/mol. The Morgan fingerprint density at radius 2 is 0.789 bits per heavy atom. The van der Waals surface area contributed by atoms with E-state index in [1.54, 1.807) is 0 Å². The van der Waals surface area contributed by atoms with Crippen LogP contribution < -0.4 is 0 Å². The molecule has 0 bridgehead atoms. The minimum Gasteiger partial charge on any atom is -0.356 e. The van der Waals surface area contributed by atoms with Crippen molar-refractivity contribution in [3.63, 3.8) is 0 Å². The average Bonchev–Trinajstić information content (AvgIpc) is 3.32. The normalized spacial score (nSPS) is 15.4. The summed E-state index contributed by atoms with van der Waals surface area (Å²) in [6.07, 6.45) is 44.2. The fourth-order valence-electron chi connectivity index (χ4n) is 6.24. The molecule has 1 rings (SSSR count). The van der Waals surface area contributed by atoms with Gasteiger partial charge in [0.05, 0.1) is 0 Å². The summed E-state index contributed by atoms with van der Waals surface area (Å²) < 4.78 is 0. The van der Waals surface area contributed by atoms with Crippen molar-refractivity contribution in [3.05, 3.63) is 12.4 Å². The highest BCUT2D eigenvalue weighted by molar-refractivity contribution is 4.98. The van der Waals surface area contributed by atoms with Gasteiger partial charge in [-0.25, -0.2) is 0 Å². The maximum Gasteiger partial charge on any atom is 0.101 e. The molecule has 0 spiro atoms. The molecular weight excluding hydrogens is 460 g/mol. The molecular formula is C36H72N2. The molecule has 0 aromatic rings. The Hall–Kier alpha value is -0.660. The van der Waals surface area contributed by atoms with Gasteiger partial charge < -0.3 is 9.80 Å². The molecule has 0 aliphatic carbocycles. The zero-order valence-corrected chi connectivity index (χ0v) is 27.0. The minimum atomic E-state index is 0.606. The summed E-state index contributed by atoms with van der Waals surface area (Å²) in [6, 6.07) is 0.606. The van der Waals surface area contributed by atoms with Crippen molar-refractivity contribution in [2.75, 3.05) is 6.54 Å². The smallest absolute Gasteiger partial charge is 0.101 e. The van der Waals surface area contributed by atoms with Crippen LogP contribution in [0.2, 0.25) is 0 Å². The van der Waals surface area contributed by atoms with Crippen LogP contribution in [0.3, 0.4) is 0 Å². The van der Waals surface area contributed by atoms with Crippen molar-refractivity contribution in [2.45, 2.75) is 213 Å². The predicted octanol–water partition coefficient (Wildman–Crippen LogP) is 12.4. The summed E-state index contributed by atoms with van der Waals surface area (Å²) in [6.45, 7) is 10.6. The van der Waals surface area contributed by atoms with Crippen LogP contribution in [-0.4, -0.2) is 28.6 Å². The molecule has 226 valence electrons. The molecule has 1 aliphatic heterocycles. The first-order valence-electron chi connectivity index (χ1n) is 17.9. The molecule has 1 unspecified atom stereocenters. The van der Waals surface area contributed by atoms with Crippen LogP contribution in [0.4, 0.5) is 0 Å². The van der Waals surface area contributed by atoms with Crippen molar-refractivity contribution in [2.24, 2.45) is 0 Å². The third-order valence-corrected chi connectivity index (χ3v) is 8.84. The summed E-state index contributed by atoms with van der Waals surface area (Å²) in [5, 5.41) is 0. The Bertz CT molecular complexity index is 500. The van der Waals surface area contributed by atoms with Gasteiger partial charge in [-0.05, 0) is 33.1 Å². The van der Waals surface area contributed by atoms with E-state index in [4.69, 9.17) is 0 Å². The van der Waals surface area contributed by atoms with E-state index in [2.05, 4.69) is 49.9 Å². The molecule has 2 heteroatoms. The second kappa shape index (κ2) is 26.6. The van der Waals surface area contributed by atoms with Gasteiger partial charge in [-0.1, -0.05) is 168 Å². The molecule has 2 nitrogen and oxygen atoms in total. The van der Waals surface area contributed by atoms with E-state index in [0.29, 0.717) is 12.2 Å². The Labute approximate surface area is 241 Å². The Balaban J connectivity index is 2.00. The van der Waals surface area contributed by atoms with Crippen LogP contribution in [0.1, 0.15) is 201 Å². The van der Waals surface area contributed by atoms with Crippen LogP contribution in [-0.2, 0) is 0 Å². The van der Waals surface area contributed by atoms with E-state index >= 15 is 0 Å². The Kier molecular flexibility index (Phi) is 24.7. The molecule has 0 saturated carbocycles. The predicted molar refractivity (Wildman–Crippen MR) is 173 cm³/mol. The van der Waals surface area contributed by atoms with E-state index in [0.717, 1.165) is 0 Å². The van der Waals surface area contributed by atoms with Gasteiger partial charge in [0, 0.05) is 25.0 Å². The quantitative estimate of drug-likeness (QED) is 0.0884. The maximum absolute atomic E-state index is 2.66. The highest BCUT2D eigenvalue weighted by Gasteiger charge is 2.26. The van der Waals surface area contributed by atoms with Crippen molar-refractivity contribution in [1.29, 1.82) is 0 Å². The molecule has 0 saturated heterocycles. The van der Waals surface area contributed by atoms with Gasteiger partial charge in [0.25, 0.3) is 0 Å². The van der Waals surface area contributed by atoms with Gasteiger partial charge >= 0.3 is 0 Å². The molecule has 0 aromatic heterocycles. The van der Waals surface area contributed by atoms with Gasteiger partial charge in [-0.15, -0.1) is 0 Å². The lowest BCUT2D eigenvalue weighted by molar-refractivity contribution is 0.114. The molecule has 1 atom stereocenters. The Morgan fingerprint density at radius 1 is 0.447 bits per heavy atom. The van der Waals surface area contributed by atoms with Crippen LogP contribution in [0.15, 0.2) is 12.4 Å².